The van der Waals surface area contributed by atoms with E-state index in [-0.39, 0.29) is 5.78 Å². The average Bonchev–Trinajstić information content (AvgIpc) is 2.03. The van der Waals surface area contributed by atoms with Crippen LogP contribution in [-0.2, 0) is 4.79 Å². The standard InChI is InChI=1S/C11H12O/c12-11-6-2-4-9-3-1-5-10(7-9)8-11/h2,4,6,8H,1,3,5,7H2/b6-2-,9-4-,10-8-. The fourth-order valence-electron chi connectivity index (χ4n) is 1.80. The molecule has 0 saturated heterocycles. The van der Waals surface area contributed by atoms with E-state index < -0.39 is 0 Å². The number of allylic oxidation sites excluding steroid dienone is 6. The van der Waals surface area contributed by atoms with Crippen LogP contribution in [0.1, 0.15) is 25.7 Å². The minimum absolute atomic E-state index is 0.141. The third-order valence-electron chi connectivity index (χ3n) is 2.39. The molecule has 0 aromatic carbocycles. The lowest BCUT2D eigenvalue weighted by Crippen LogP contribution is -2.01. The molecule has 0 heterocycles. The Bertz CT molecular complexity index is 292. The van der Waals surface area contributed by atoms with Gasteiger partial charge in [0.15, 0.2) is 5.78 Å². The molecule has 0 atom stereocenters. The number of fused-ring (bicyclic) bond motifs is 2. The summed E-state index contributed by atoms with van der Waals surface area (Å²) in [6.07, 6.45) is 11.9. The van der Waals surface area contributed by atoms with E-state index in [2.05, 4.69) is 6.08 Å². The first kappa shape index (κ1) is 7.53. The van der Waals surface area contributed by atoms with Crippen LogP contribution in [0.5, 0.6) is 0 Å². The molecule has 0 aliphatic heterocycles. The van der Waals surface area contributed by atoms with E-state index in [1.165, 1.54) is 24.0 Å². The maximum Gasteiger partial charge on any atom is 0.178 e. The first-order valence-electron chi connectivity index (χ1n) is 4.44. The zero-order chi connectivity index (χ0) is 8.39. The fraction of sp³-hybridized carbons (Fsp3) is 0.364. The number of carbonyl (C=O) groups excluding carboxylic acids is 1. The van der Waals surface area contributed by atoms with Crippen LogP contribution in [0, 0.1) is 0 Å². The van der Waals surface area contributed by atoms with Gasteiger partial charge in [-0.2, -0.15) is 0 Å². The van der Waals surface area contributed by atoms with E-state index >= 15 is 0 Å². The molecule has 2 aliphatic rings. The maximum atomic E-state index is 11.1. The van der Waals surface area contributed by atoms with Crippen molar-refractivity contribution in [2.24, 2.45) is 0 Å². The summed E-state index contributed by atoms with van der Waals surface area (Å²) < 4.78 is 0. The Balaban J connectivity index is 2.35. The van der Waals surface area contributed by atoms with Gasteiger partial charge in [-0.15, -0.1) is 0 Å². The molecule has 0 spiro atoms. The Morgan fingerprint density at radius 3 is 2.92 bits per heavy atom. The molecule has 0 aromatic heterocycles. The molecule has 1 heteroatoms. The SMILES string of the molecule is O=C1/C=C\C=C2\CCC/C(=C/1)C2. The molecule has 1 saturated carbocycles. The number of hydrogen-bond donors (Lipinski definition) is 0. The largest absolute Gasteiger partial charge is 0.290 e. The minimum atomic E-state index is 0.141. The molecule has 0 N–H and O–H groups in total. The van der Waals surface area contributed by atoms with Crippen LogP contribution in [0.4, 0.5) is 0 Å². The number of carbonyl (C=O) groups is 1. The molecule has 2 aliphatic carbocycles. The lowest BCUT2D eigenvalue weighted by Gasteiger charge is -2.17. The Kier molecular flexibility index (Phi) is 1.94. The van der Waals surface area contributed by atoms with Crippen molar-refractivity contribution in [1.29, 1.82) is 0 Å². The smallest absolute Gasteiger partial charge is 0.178 e. The molecule has 1 nitrogen and oxygen atoms in total. The molecule has 2 bridgehead atoms. The maximum absolute atomic E-state index is 11.1. The first-order valence-corrected chi connectivity index (χ1v) is 4.44. The van der Waals surface area contributed by atoms with E-state index in [9.17, 15) is 4.79 Å². The molecule has 0 aromatic rings. The van der Waals surface area contributed by atoms with Gasteiger partial charge in [0.05, 0.1) is 0 Å². The lowest BCUT2D eigenvalue weighted by molar-refractivity contribution is -0.110. The minimum Gasteiger partial charge on any atom is -0.290 e. The highest BCUT2D eigenvalue weighted by atomic mass is 16.1. The van der Waals surface area contributed by atoms with Crippen molar-refractivity contribution in [3.63, 3.8) is 0 Å². The van der Waals surface area contributed by atoms with E-state index in [0.717, 1.165) is 12.8 Å². The Labute approximate surface area is 72.5 Å². The highest BCUT2D eigenvalue weighted by Gasteiger charge is 2.11. The van der Waals surface area contributed by atoms with Crippen LogP contribution in [0.25, 0.3) is 0 Å². The monoisotopic (exact) mass is 160 g/mol. The van der Waals surface area contributed by atoms with Crippen LogP contribution >= 0.6 is 0 Å². The predicted octanol–water partition coefficient (Wildman–Crippen LogP) is 2.55. The average molecular weight is 160 g/mol. The van der Waals surface area contributed by atoms with Crippen LogP contribution in [0.3, 0.4) is 0 Å². The van der Waals surface area contributed by atoms with E-state index in [1.54, 1.807) is 12.2 Å². The van der Waals surface area contributed by atoms with Gasteiger partial charge in [0.1, 0.15) is 0 Å². The van der Waals surface area contributed by atoms with Gasteiger partial charge in [-0.25, -0.2) is 0 Å². The van der Waals surface area contributed by atoms with Crippen molar-refractivity contribution >= 4 is 5.78 Å². The van der Waals surface area contributed by atoms with Gasteiger partial charge in [0.2, 0.25) is 0 Å². The summed E-state index contributed by atoms with van der Waals surface area (Å²) in [5.74, 6) is 0.141. The van der Waals surface area contributed by atoms with E-state index in [0.29, 0.717) is 0 Å². The molecule has 0 radical (unpaired) electrons. The van der Waals surface area contributed by atoms with Gasteiger partial charge in [0.25, 0.3) is 0 Å². The van der Waals surface area contributed by atoms with E-state index in [1.807, 2.05) is 6.08 Å². The third kappa shape index (κ3) is 1.55. The summed E-state index contributed by atoms with van der Waals surface area (Å²) >= 11 is 0. The van der Waals surface area contributed by atoms with Crippen LogP contribution in [0.15, 0.2) is 35.5 Å². The normalized spacial score (nSPS) is 33.8. The van der Waals surface area contributed by atoms with Crippen molar-refractivity contribution in [2.75, 3.05) is 0 Å². The van der Waals surface area contributed by atoms with Crippen LogP contribution < -0.4 is 0 Å². The second-order valence-corrected chi connectivity index (χ2v) is 3.42. The summed E-state index contributed by atoms with van der Waals surface area (Å²) in [5, 5.41) is 0. The van der Waals surface area contributed by atoms with Crippen molar-refractivity contribution in [1.82, 2.24) is 0 Å². The summed E-state index contributed by atoms with van der Waals surface area (Å²) in [6.45, 7) is 0. The van der Waals surface area contributed by atoms with Gasteiger partial charge in [-0.3, -0.25) is 4.79 Å². The van der Waals surface area contributed by atoms with Crippen LogP contribution in [0.2, 0.25) is 0 Å². The number of hydrogen-bond acceptors (Lipinski definition) is 1. The van der Waals surface area contributed by atoms with Gasteiger partial charge >= 0.3 is 0 Å². The summed E-state index contributed by atoms with van der Waals surface area (Å²) in [6, 6.07) is 0. The highest BCUT2D eigenvalue weighted by Crippen LogP contribution is 2.28. The topological polar surface area (TPSA) is 17.1 Å². The van der Waals surface area contributed by atoms with Crippen molar-refractivity contribution in [3.8, 4) is 0 Å². The molecule has 0 unspecified atom stereocenters. The zero-order valence-electron chi connectivity index (χ0n) is 7.05. The van der Waals surface area contributed by atoms with Crippen molar-refractivity contribution in [3.05, 3.63) is 35.5 Å². The Morgan fingerprint density at radius 1 is 1.17 bits per heavy atom. The molecule has 12 heavy (non-hydrogen) atoms. The molecule has 0 amide bonds. The number of ketones is 1. The molecular formula is C11H12O. The summed E-state index contributed by atoms with van der Waals surface area (Å²) in [4.78, 5) is 11.1. The van der Waals surface area contributed by atoms with Crippen molar-refractivity contribution in [2.45, 2.75) is 25.7 Å². The second kappa shape index (κ2) is 3.10. The Hall–Kier alpha value is -1.11. The molecular weight excluding hydrogens is 148 g/mol. The lowest BCUT2D eigenvalue weighted by atomic mass is 9.88. The van der Waals surface area contributed by atoms with Crippen LogP contribution in [-0.4, -0.2) is 5.78 Å². The number of rotatable bonds is 0. The first-order chi connectivity index (χ1) is 5.84. The van der Waals surface area contributed by atoms with Gasteiger partial charge < -0.3 is 0 Å². The van der Waals surface area contributed by atoms with E-state index in [4.69, 9.17) is 0 Å². The molecule has 62 valence electrons. The summed E-state index contributed by atoms with van der Waals surface area (Å²) in [7, 11) is 0. The molecule has 1 fully saturated rings. The predicted molar refractivity (Wildman–Crippen MR) is 48.8 cm³/mol. The molecule has 2 rings (SSSR count). The highest BCUT2D eigenvalue weighted by molar-refractivity contribution is 6.00. The quantitative estimate of drug-likeness (QED) is 0.532. The van der Waals surface area contributed by atoms with Gasteiger partial charge in [0, 0.05) is 0 Å². The van der Waals surface area contributed by atoms with Gasteiger partial charge in [-0.1, -0.05) is 23.3 Å². The zero-order valence-corrected chi connectivity index (χ0v) is 7.05. The fourth-order valence-corrected chi connectivity index (χ4v) is 1.80. The van der Waals surface area contributed by atoms with Crippen molar-refractivity contribution < 1.29 is 4.79 Å². The third-order valence-corrected chi connectivity index (χ3v) is 2.39. The Morgan fingerprint density at radius 2 is 2.00 bits per heavy atom. The van der Waals surface area contributed by atoms with Gasteiger partial charge in [-0.05, 0) is 37.8 Å². The second-order valence-electron chi connectivity index (χ2n) is 3.42. The summed E-state index contributed by atoms with van der Waals surface area (Å²) in [5.41, 5.74) is 2.78.